The van der Waals surface area contributed by atoms with E-state index >= 15 is 0 Å². The predicted octanol–water partition coefficient (Wildman–Crippen LogP) is 3.93. The average Bonchev–Trinajstić information content (AvgIpc) is 2.82. The molecule has 2 aliphatic rings. The first-order chi connectivity index (χ1) is 10.7. The number of para-hydroxylation sites is 1. The molecule has 1 heterocycles. The van der Waals surface area contributed by atoms with Crippen LogP contribution in [0.2, 0.25) is 0 Å². The van der Waals surface area contributed by atoms with E-state index in [-0.39, 0.29) is 5.91 Å². The van der Waals surface area contributed by atoms with Crippen molar-refractivity contribution in [2.45, 2.75) is 11.8 Å². The van der Waals surface area contributed by atoms with Gasteiger partial charge in [-0.3, -0.25) is 4.79 Å². The van der Waals surface area contributed by atoms with Crippen LogP contribution in [-0.2, 0) is 4.79 Å². The Kier molecular flexibility index (Phi) is 4.06. The van der Waals surface area contributed by atoms with Gasteiger partial charge in [-0.05, 0) is 30.5 Å². The van der Waals surface area contributed by atoms with Crippen LogP contribution in [0.15, 0.2) is 53.4 Å². The number of thioether (sulfide) groups is 1. The number of amides is 1. The number of fused-ring (bicyclic) bond motifs is 1. The molecule has 0 unspecified atom stereocenters. The van der Waals surface area contributed by atoms with Crippen molar-refractivity contribution in [1.82, 2.24) is 9.97 Å². The van der Waals surface area contributed by atoms with Gasteiger partial charge in [-0.2, -0.15) is 0 Å². The Bertz CT molecular complexity index is 804. The van der Waals surface area contributed by atoms with E-state index in [1.807, 2.05) is 54.8 Å². The maximum absolute atomic E-state index is 11.4. The first-order valence-electron chi connectivity index (χ1n) is 6.87. The molecule has 0 bridgehead atoms. The molecule has 0 radical (unpaired) electrons. The molecule has 22 heavy (non-hydrogen) atoms. The smallest absolute Gasteiger partial charge is 0.221 e. The Labute approximate surface area is 133 Å². The highest BCUT2D eigenvalue weighted by Crippen LogP contribution is 2.33. The van der Waals surface area contributed by atoms with Crippen LogP contribution < -0.4 is 5.32 Å². The highest BCUT2D eigenvalue weighted by atomic mass is 32.2. The summed E-state index contributed by atoms with van der Waals surface area (Å²) < 4.78 is 0. The van der Waals surface area contributed by atoms with Crippen LogP contribution in [0.3, 0.4) is 0 Å². The van der Waals surface area contributed by atoms with Crippen molar-refractivity contribution in [2.75, 3.05) is 11.6 Å². The van der Waals surface area contributed by atoms with Crippen LogP contribution in [0.5, 0.6) is 0 Å². The van der Waals surface area contributed by atoms with E-state index in [9.17, 15) is 4.79 Å². The zero-order valence-electron chi connectivity index (χ0n) is 12.3. The van der Waals surface area contributed by atoms with Gasteiger partial charge in [0, 0.05) is 17.4 Å². The summed E-state index contributed by atoms with van der Waals surface area (Å²) in [6.45, 7) is 1.49. The molecule has 0 saturated heterocycles. The maximum Gasteiger partial charge on any atom is 0.221 e. The molecule has 4 nitrogen and oxygen atoms in total. The van der Waals surface area contributed by atoms with Crippen LogP contribution in [0.1, 0.15) is 6.92 Å². The highest BCUT2D eigenvalue weighted by molar-refractivity contribution is 7.98. The standard InChI is InChI=1S/C17H15N3OS/c1-11(21)18-13-8-4-3-7-12(13)17-19-14-9-5-6-10-15(22-2)16(14)20-17/h3-10H,1-2H3,(H,18,21). The van der Waals surface area contributed by atoms with E-state index in [1.54, 1.807) is 11.8 Å². The van der Waals surface area contributed by atoms with Crippen molar-refractivity contribution in [2.24, 2.45) is 0 Å². The summed E-state index contributed by atoms with van der Waals surface area (Å²) in [6.07, 6.45) is 2.02. The first-order valence-corrected chi connectivity index (χ1v) is 8.09. The third kappa shape index (κ3) is 2.80. The lowest BCUT2D eigenvalue weighted by molar-refractivity contribution is -0.114. The van der Waals surface area contributed by atoms with Crippen molar-refractivity contribution in [3.05, 3.63) is 48.5 Å². The summed E-state index contributed by atoms with van der Waals surface area (Å²) in [5.41, 5.74) is 3.27. The normalized spacial score (nSPS) is 10.6. The third-order valence-electron chi connectivity index (χ3n) is 3.23. The molecule has 5 heteroatoms. The molecule has 0 atom stereocenters. The van der Waals surface area contributed by atoms with Crippen molar-refractivity contribution in [1.29, 1.82) is 0 Å². The Morgan fingerprint density at radius 1 is 1.05 bits per heavy atom. The second-order valence-corrected chi connectivity index (χ2v) is 5.64. The zero-order chi connectivity index (χ0) is 15.5. The number of aromatic nitrogens is 2. The molecule has 0 spiro atoms. The number of rotatable bonds is 3. The van der Waals surface area contributed by atoms with Gasteiger partial charge in [0.1, 0.15) is 5.69 Å². The van der Waals surface area contributed by atoms with E-state index in [4.69, 9.17) is 0 Å². The lowest BCUT2D eigenvalue weighted by Gasteiger charge is -2.06. The minimum Gasteiger partial charge on any atom is -0.326 e. The third-order valence-corrected chi connectivity index (χ3v) is 4.00. The number of benzene rings is 1. The summed E-state index contributed by atoms with van der Waals surface area (Å²) in [7, 11) is 0. The summed E-state index contributed by atoms with van der Waals surface area (Å²) in [5.74, 6) is 0.514. The number of imidazole rings is 1. The molecule has 1 amide bonds. The average molecular weight is 309 g/mol. The number of nitrogens with zero attached hydrogens (tertiary/aromatic N) is 2. The fourth-order valence-corrected chi connectivity index (χ4v) is 2.84. The van der Waals surface area contributed by atoms with E-state index in [0.717, 1.165) is 27.5 Å². The van der Waals surface area contributed by atoms with E-state index in [1.165, 1.54) is 6.92 Å². The number of anilines is 1. The minimum atomic E-state index is -0.111. The summed E-state index contributed by atoms with van der Waals surface area (Å²) >= 11 is 1.64. The fraction of sp³-hybridized carbons (Fsp3) is 0.118. The topological polar surface area (TPSA) is 54.9 Å². The van der Waals surface area contributed by atoms with E-state index in [2.05, 4.69) is 15.3 Å². The molecule has 110 valence electrons. The molecule has 1 aromatic carbocycles. The Morgan fingerprint density at radius 3 is 2.55 bits per heavy atom. The number of carbonyl (C=O) groups is 1. The molecular weight excluding hydrogens is 294 g/mol. The van der Waals surface area contributed by atoms with Gasteiger partial charge in [0.05, 0.1) is 11.4 Å². The maximum atomic E-state index is 11.4. The van der Waals surface area contributed by atoms with Crippen molar-refractivity contribution in [3.63, 3.8) is 0 Å². The van der Waals surface area contributed by atoms with Crippen LogP contribution in [0, 0.1) is 0 Å². The lowest BCUT2D eigenvalue weighted by Crippen LogP contribution is -2.06. The molecule has 1 aliphatic heterocycles. The monoisotopic (exact) mass is 309 g/mol. The predicted molar refractivity (Wildman–Crippen MR) is 90.2 cm³/mol. The molecule has 0 fully saturated rings. The van der Waals surface area contributed by atoms with Gasteiger partial charge in [0.25, 0.3) is 0 Å². The molecule has 3 rings (SSSR count). The summed E-state index contributed by atoms with van der Waals surface area (Å²) in [6, 6.07) is 15.5. The van der Waals surface area contributed by atoms with Crippen LogP contribution >= 0.6 is 11.8 Å². The largest absolute Gasteiger partial charge is 0.326 e. The fourth-order valence-electron chi connectivity index (χ4n) is 2.28. The number of hydrogen-bond acceptors (Lipinski definition) is 4. The molecular formula is C17H15N3OS. The van der Waals surface area contributed by atoms with Gasteiger partial charge < -0.3 is 5.32 Å². The lowest BCUT2D eigenvalue weighted by atomic mass is 10.1. The van der Waals surface area contributed by atoms with Crippen LogP contribution in [0.25, 0.3) is 22.8 Å². The first kappa shape index (κ1) is 14.5. The molecule has 1 aromatic rings. The molecule has 0 aromatic heterocycles. The van der Waals surface area contributed by atoms with Crippen LogP contribution in [0.4, 0.5) is 5.69 Å². The zero-order valence-corrected chi connectivity index (χ0v) is 13.1. The summed E-state index contributed by atoms with van der Waals surface area (Å²) in [5, 5.41) is 2.83. The second-order valence-electron chi connectivity index (χ2n) is 4.79. The Balaban J connectivity index is 2.16. The second kappa shape index (κ2) is 6.15. The quantitative estimate of drug-likeness (QED) is 0.745. The Morgan fingerprint density at radius 2 is 1.77 bits per heavy atom. The Hall–Kier alpha value is -2.40. The molecule has 1 N–H and O–H groups in total. The van der Waals surface area contributed by atoms with E-state index in [0.29, 0.717) is 5.82 Å². The van der Waals surface area contributed by atoms with Crippen LogP contribution in [-0.4, -0.2) is 22.1 Å². The van der Waals surface area contributed by atoms with Crippen molar-refractivity contribution >= 4 is 23.4 Å². The van der Waals surface area contributed by atoms with Gasteiger partial charge >= 0.3 is 0 Å². The minimum absolute atomic E-state index is 0.111. The van der Waals surface area contributed by atoms with Crippen molar-refractivity contribution < 1.29 is 4.79 Å². The number of hydrogen-bond donors (Lipinski definition) is 1. The number of carbonyl (C=O) groups excluding carboxylic acids is 1. The van der Waals surface area contributed by atoms with Gasteiger partial charge in [-0.15, -0.1) is 11.8 Å². The molecule has 0 saturated carbocycles. The highest BCUT2D eigenvalue weighted by Gasteiger charge is 2.16. The van der Waals surface area contributed by atoms with Crippen molar-refractivity contribution in [3.8, 4) is 22.8 Å². The SMILES string of the molecule is CSc1ccccc2nc(-c3ccccc3NC(C)=O)nc1-2. The van der Waals surface area contributed by atoms with E-state index < -0.39 is 0 Å². The molecule has 1 aliphatic carbocycles. The van der Waals surface area contributed by atoms with Gasteiger partial charge in [-0.1, -0.05) is 24.3 Å². The summed E-state index contributed by atoms with van der Waals surface area (Å²) in [4.78, 5) is 21.7. The van der Waals surface area contributed by atoms with Gasteiger partial charge in [0.2, 0.25) is 5.91 Å². The number of nitrogens with one attached hydrogen (secondary N) is 1. The van der Waals surface area contributed by atoms with Gasteiger partial charge in [-0.25, -0.2) is 9.97 Å². The van der Waals surface area contributed by atoms with Gasteiger partial charge in [0.15, 0.2) is 5.82 Å².